The summed E-state index contributed by atoms with van der Waals surface area (Å²) in [5, 5.41) is 10.2. The van der Waals surface area contributed by atoms with Gasteiger partial charge in [0.1, 0.15) is 5.75 Å². The van der Waals surface area contributed by atoms with Crippen LogP contribution in [0.3, 0.4) is 0 Å². The number of rotatable bonds is 4. The molecule has 0 aliphatic heterocycles. The Balaban J connectivity index is 2.62. The molecule has 0 fully saturated rings. The van der Waals surface area contributed by atoms with Crippen molar-refractivity contribution in [2.45, 2.75) is 31.3 Å². The lowest BCUT2D eigenvalue weighted by molar-refractivity contribution is 0.471. The molecule has 0 aliphatic rings. The third-order valence-electron chi connectivity index (χ3n) is 2.20. The molecular weight excluding hydrogens is 194 g/mol. The molecule has 2 nitrogen and oxygen atoms in total. The number of benzene rings is 1. The summed E-state index contributed by atoms with van der Waals surface area (Å²) in [7, 11) is 0. The maximum Gasteiger partial charge on any atom is 0.119 e. The minimum atomic E-state index is 0.343. The van der Waals surface area contributed by atoms with E-state index in [-0.39, 0.29) is 0 Å². The molecule has 3 heteroatoms. The lowest BCUT2D eigenvalue weighted by Crippen LogP contribution is -1.95. The van der Waals surface area contributed by atoms with Crippen LogP contribution in [0.1, 0.15) is 25.8 Å². The van der Waals surface area contributed by atoms with E-state index in [1.807, 2.05) is 17.8 Å². The molecule has 0 radical (unpaired) electrons. The molecule has 0 heterocycles. The van der Waals surface area contributed by atoms with Crippen molar-refractivity contribution in [1.29, 1.82) is 0 Å². The van der Waals surface area contributed by atoms with Gasteiger partial charge in [0.15, 0.2) is 0 Å². The SMILES string of the molecule is CCC(C)SCc1cc(N)ccc1O. The molecule has 78 valence electrons. The number of thioether (sulfide) groups is 1. The Morgan fingerprint density at radius 1 is 1.50 bits per heavy atom. The van der Waals surface area contributed by atoms with Crippen LogP contribution in [0.2, 0.25) is 0 Å². The summed E-state index contributed by atoms with van der Waals surface area (Å²) < 4.78 is 0. The van der Waals surface area contributed by atoms with Gasteiger partial charge in [-0.15, -0.1) is 0 Å². The molecule has 0 aromatic heterocycles. The van der Waals surface area contributed by atoms with Crippen molar-refractivity contribution >= 4 is 17.4 Å². The Hall–Kier alpha value is -0.830. The van der Waals surface area contributed by atoms with E-state index in [0.717, 1.165) is 17.7 Å². The van der Waals surface area contributed by atoms with Gasteiger partial charge >= 0.3 is 0 Å². The first kappa shape index (κ1) is 11.2. The second kappa shape index (κ2) is 5.15. The van der Waals surface area contributed by atoms with Crippen LogP contribution in [-0.4, -0.2) is 10.4 Å². The topological polar surface area (TPSA) is 46.2 Å². The van der Waals surface area contributed by atoms with Gasteiger partial charge in [-0.1, -0.05) is 13.8 Å². The summed E-state index contributed by atoms with van der Waals surface area (Å²) in [4.78, 5) is 0. The summed E-state index contributed by atoms with van der Waals surface area (Å²) in [6, 6.07) is 5.21. The van der Waals surface area contributed by atoms with Crippen molar-refractivity contribution in [1.82, 2.24) is 0 Å². The molecule has 0 saturated heterocycles. The van der Waals surface area contributed by atoms with Gasteiger partial charge in [0.05, 0.1) is 0 Å². The van der Waals surface area contributed by atoms with Crippen molar-refractivity contribution in [2.75, 3.05) is 5.73 Å². The van der Waals surface area contributed by atoms with Crippen LogP contribution >= 0.6 is 11.8 Å². The Morgan fingerprint density at radius 2 is 2.21 bits per heavy atom. The first-order valence-electron chi connectivity index (χ1n) is 4.82. The first-order valence-corrected chi connectivity index (χ1v) is 5.87. The van der Waals surface area contributed by atoms with Gasteiger partial charge < -0.3 is 10.8 Å². The van der Waals surface area contributed by atoms with Gasteiger partial charge in [0.2, 0.25) is 0 Å². The van der Waals surface area contributed by atoms with Crippen molar-refractivity contribution in [2.24, 2.45) is 0 Å². The van der Waals surface area contributed by atoms with Crippen LogP contribution in [0.25, 0.3) is 0 Å². The Bertz CT molecular complexity index is 301. The zero-order chi connectivity index (χ0) is 10.6. The van der Waals surface area contributed by atoms with Gasteiger partial charge in [0, 0.05) is 22.3 Å². The number of hydrogen-bond donors (Lipinski definition) is 2. The number of nitrogen functional groups attached to an aromatic ring is 1. The fraction of sp³-hybridized carbons (Fsp3) is 0.455. The van der Waals surface area contributed by atoms with Gasteiger partial charge in [-0.05, 0) is 24.6 Å². The molecule has 1 rings (SSSR count). The molecule has 3 N–H and O–H groups in total. The van der Waals surface area contributed by atoms with E-state index in [1.165, 1.54) is 0 Å². The standard InChI is InChI=1S/C11H17NOS/c1-3-8(2)14-7-9-6-10(12)4-5-11(9)13/h4-6,8,13H,3,7,12H2,1-2H3. The maximum atomic E-state index is 9.55. The number of aromatic hydroxyl groups is 1. The summed E-state index contributed by atoms with van der Waals surface area (Å²) in [6.07, 6.45) is 1.15. The molecule has 1 aromatic rings. The molecule has 1 unspecified atom stereocenters. The zero-order valence-corrected chi connectivity index (χ0v) is 9.47. The zero-order valence-electron chi connectivity index (χ0n) is 8.66. The summed E-state index contributed by atoms with van der Waals surface area (Å²) in [6.45, 7) is 4.35. The molecule has 0 aliphatic carbocycles. The number of phenols is 1. The van der Waals surface area contributed by atoms with Crippen LogP contribution in [-0.2, 0) is 5.75 Å². The Labute approximate surface area is 89.5 Å². The van der Waals surface area contributed by atoms with Crippen LogP contribution in [0, 0.1) is 0 Å². The highest BCUT2D eigenvalue weighted by Crippen LogP contribution is 2.27. The molecule has 0 spiro atoms. The third kappa shape index (κ3) is 3.14. The molecule has 1 aromatic carbocycles. The van der Waals surface area contributed by atoms with E-state index in [4.69, 9.17) is 5.73 Å². The second-order valence-electron chi connectivity index (χ2n) is 3.42. The number of anilines is 1. The predicted molar refractivity (Wildman–Crippen MR) is 63.6 cm³/mol. The van der Waals surface area contributed by atoms with Crippen LogP contribution in [0.4, 0.5) is 5.69 Å². The van der Waals surface area contributed by atoms with Crippen molar-refractivity contribution in [3.63, 3.8) is 0 Å². The molecule has 0 saturated carbocycles. The Kier molecular flexibility index (Phi) is 4.14. The van der Waals surface area contributed by atoms with E-state index in [9.17, 15) is 5.11 Å². The highest BCUT2D eigenvalue weighted by atomic mass is 32.2. The average Bonchev–Trinajstić information content (AvgIpc) is 2.19. The van der Waals surface area contributed by atoms with E-state index < -0.39 is 0 Å². The largest absolute Gasteiger partial charge is 0.508 e. The quantitative estimate of drug-likeness (QED) is 0.594. The van der Waals surface area contributed by atoms with Crippen LogP contribution < -0.4 is 5.73 Å². The normalized spacial score (nSPS) is 12.7. The summed E-state index contributed by atoms with van der Waals surface area (Å²) in [5.74, 6) is 1.17. The monoisotopic (exact) mass is 211 g/mol. The van der Waals surface area contributed by atoms with Crippen molar-refractivity contribution in [3.8, 4) is 5.75 Å². The van der Waals surface area contributed by atoms with E-state index in [0.29, 0.717) is 16.7 Å². The summed E-state index contributed by atoms with van der Waals surface area (Å²) >= 11 is 1.84. The van der Waals surface area contributed by atoms with E-state index in [2.05, 4.69) is 13.8 Å². The smallest absolute Gasteiger partial charge is 0.119 e. The molecule has 0 amide bonds. The lowest BCUT2D eigenvalue weighted by Gasteiger charge is -2.09. The minimum Gasteiger partial charge on any atom is -0.508 e. The minimum absolute atomic E-state index is 0.343. The molecule has 0 bridgehead atoms. The van der Waals surface area contributed by atoms with Crippen molar-refractivity contribution in [3.05, 3.63) is 23.8 Å². The summed E-state index contributed by atoms with van der Waals surface area (Å²) in [5.41, 5.74) is 7.28. The van der Waals surface area contributed by atoms with Crippen LogP contribution in [0.5, 0.6) is 5.75 Å². The fourth-order valence-electron chi connectivity index (χ4n) is 1.07. The van der Waals surface area contributed by atoms with Gasteiger partial charge in [0.25, 0.3) is 0 Å². The highest BCUT2D eigenvalue weighted by molar-refractivity contribution is 7.99. The van der Waals surface area contributed by atoms with Crippen molar-refractivity contribution < 1.29 is 5.11 Å². The maximum absolute atomic E-state index is 9.55. The third-order valence-corrected chi connectivity index (χ3v) is 3.58. The molecule has 14 heavy (non-hydrogen) atoms. The average molecular weight is 211 g/mol. The predicted octanol–water partition coefficient (Wildman–Crippen LogP) is 3.01. The molecular formula is C11H17NOS. The highest BCUT2D eigenvalue weighted by Gasteiger charge is 2.04. The number of nitrogens with two attached hydrogens (primary N) is 1. The first-order chi connectivity index (χ1) is 6.63. The van der Waals surface area contributed by atoms with Crippen LogP contribution in [0.15, 0.2) is 18.2 Å². The number of hydrogen-bond acceptors (Lipinski definition) is 3. The second-order valence-corrected chi connectivity index (χ2v) is 4.84. The lowest BCUT2D eigenvalue weighted by atomic mass is 10.2. The van der Waals surface area contributed by atoms with Gasteiger partial charge in [-0.25, -0.2) is 0 Å². The molecule has 1 atom stereocenters. The van der Waals surface area contributed by atoms with Gasteiger partial charge in [-0.2, -0.15) is 11.8 Å². The Morgan fingerprint density at radius 3 is 2.86 bits per heavy atom. The van der Waals surface area contributed by atoms with E-state index in [1.54, 1.807) is 12.1 Å². The number of phenolic OH excluding ortho intramolecular Hbond substituents is 1. The van der Waals surface area contributed by atoms with E-state index >= 15 is 0 Å². The van der Waals surface area contributed by atoms with Gasteiger partial charge in [-0.3, -0.25) is 0 Å². The fourth-order valence-corrected chi connectivity index (χ4v) is 2.00.